The van der Waals surface area contributed by atoms with Crippen LogP contribution in [-0.4, -0.2) is 90.6 Å². The van der Waals surface area contributed by atoms with Gasteiger partial charge in [-0.3, -0.25) is 9.69 Å². The highest BCUT2D eigenvalue weighted by Gasteiger charge is 2.49. The fourth-order valence-corrected chi connectivity index (χ4v) is 7.84. The van der Waals surface area contributed by atoms with Gasteiger partial charge in [0.05, 0.1) is 42.4 Å². The molecule has 0 spiro atoms. The van der Waals surface area contributed by atoms with E-state index in [2.05, 4.69) is 11.4 Å². The predicted molar refractivity (Wildman–Crippen MR) is 166 cm³/mol. The standard InChI is InChI=1S/C32H42N4O8S/c1-22(37)34-24-11-7-12-25(18-24)45(41,42)35(21-32(2,3)14-8-15-33)19-29(38)27(17-23-9-5-4-6-10-23)36(31(39)40)28-20-44-30-26(28)13-16-43-30/h4-7,9-12,18,26-30,38H,8,13-14,16-17,19-21H2,1-3H3,(H,34,37)(H,39,40)/t26-,27-,28-,29+,30+/m0/s1. The summed E-state index contributed by atoms with van der Waals surface area (Å²) in [6, 6.07) is 15.5. The molecule has 13 heteroatoms. The third-order valence-electron chi connectivity index (χ3n) is 8.38. The van der Waals surface area contributed by atoms with Crippen LogP contribution >= 0.6 is 0 Å². The van der Waals surface area contributed by atoms with Crippen LogP contribution in [-0.2, 0) is 30.7 Å². The quantitative estimate of drug-likeness (QED) is 0.278. The molecule has 0 unspecified atom stereocenters. The number of ether oxygens (including phenoxy) is 2. The molecule has 3 N–H and O–H groups in total. The van der Waals surface area contributed by atoms with Crippen molar-refractivity contribution >= 4 is 27.7 Å². The van der Waals surface area contributed by atoms with E-state index in [0.717, 1.165) is 9.87 Å². The average Bonchev–Trinajstić information content (AvgIpc) is 3.61. The number of fused-ring (bicyclic) bond motifs is 1. The van der Waals surface area contributed by atoms with Gasteiger partial charge in [0.2, 0.25) is 15.9 Å². The molecule has 5 atom stereocenters. The zero-order valence-corrected chi connectivity index (χ0v) is 26.7. The lowest BCUT2D eigenvalue weighted by Crippen LogP contribution is -2.58. The number of carbonyl (C=O) groups is 2. The van der Waals surface area contributed by atoms with Crippen LogP contribution in [0.5, 0.6) is 0 Å². The highest BCUT2D eigenvalue weighted by Crippen LogP contribution is 2.36. The van der Waals surface area contributed by atoms with Crippen LogP contribution in [0, 0.1) is 22.7 Å². The molecule has 2 saturated heterocycles. The first-order chi connectivity index (χ1) is 21.3. The fourth-order valence-electron chi connectivity index (χ4n) is 6.15. The van der Waals surface area contributed by atoms with Gasteiger partial charge in [-0.1, -0.05) is 50.2 Å². The van der Waals surface area contributed by atoms with Crippen LogP contribution in [0.3, 0.4) is 0 Å². The fraction of sp³-hybridized carbons (Fsp3) is 0.531. The first-order valence-electron chi connectivity index (χ1n) is 15.0. The zero-order valence-electron chi connectivity index (χ0n) is 25.8. The number of aliphatic hydroxyl groups is 1. The van der Waals surface area contributed by atoms with Crippen LogP contribution in [0.25, 0.3) is 0 Å². The molecule has 0 saturated carbocycles. The molecule has 2 aliphatic heterocycles. The van der Waals surface area contributed by atoms with Gasteiger partial charge in [0.1, 0.15) is 0 Å². The Morgan fingerprint density at radius 1 is 1.16 bits per heavy atom. The molecule has 4 rings (SSSR count). The van der Waals surface area contributed by atoms with Gasteiger partial charge in [-0.2, -0.15) is 9.57 Å². The van der Waals surface area contributed by atoms with Crippen LogP contribution in [0.1, 0.15) is 45.6 Å². The number of nitriles is 1. The maximum Gasteiger partial charge on any atom is 0.407 e. The minimum atomic E-state index is -4.27. The van der Waals surface area contributed by atoms with Crippen molar-refractivity contribution in [3.8, 4) is 6.07 Å². The molecule has 2 heterocycles. The van der Waals surface area contributed by atoms with Crippen molar-refractivity contribution in [2.24, 2.45) is 11.3 Å². The lowest BCUT2D eigenvalue weighted by Gasteiger charge is -2.40. The van der Waals surface area contributed by atoms with Crippen molar-refractivity contribution in [1.82, 2.24) is 9.21 Å². The second kappa shape index (κ2) is 14.7. The Hall–Kier alpha value is -3.54. The van der Waals surface area contributed by atoms with Crippen molar-refractivity contribution in [1.29, 1.82) is 5.26 Å². The van der Waals surface area contributed by atoms with Gasteiger partial charge in [0, 0.05) is 38.0 Å². The van der Waals surface area contributed by atoms with E-state index in [1.807, 2.05) is 44.2 Å². The number of nitrogens with one attached hydrogen (secondary N) is 1. The summed E-state index contributed by atoms with van der Waals surface area (Å²) in [5.74, 6) is -0.578. The Kier molecular flexibility index (Phi) is 11.2. The highest BCUT2D eigenvalue weighted by atomic mass is 32.2. The number of carboxylic acid groups (broad SMARTS) is 1. The van der Waals surface area contributed by atoms with E-state index in [1.54, 1.807) is 6.07 Å². The van der Waals surface area contributed by atoms with E-state index in [9.17, 15) is 33.5 Å². The lowest BCUT2D eigenvalue weighted by molar-refractivity contribution is -0.114. The van der Waals surface area contributed by atoms with E-state index in [0.29, 0.717) is 25.1 Å². The first-order valence-corrected chi connectivity index (χ1v) is 16.5. The molecule has 2 aliphatic rings. The van der Waals surface area contributed by atoms with Gasteiger partial charge in [-0.15, -0.1) is 0 Å². The summed E-state index contributed by atoms with van der Waals surface area (Å²) in [7, 11) is -4.27. The second-order valence-electron chi connectivity index (χ2n) is 12.4. The number of hydrogen-bond acceptors (Lipinski definition) is 8. The maximum atomic E-state index is 14.2. The van der Waals surface area contributed by atoms with Gasteiger partial charge in [0.15, 0.2) is 6.29 Å². The first kappa shape index (κ1) is 34.3. The molecule has 45 heavy (non-hydrogen) atoms. The van der Waals surface area contributed by atoms with Crippen LogP contribution in [0.2, 0.25) is 0 Å². The van der Waals surface area contributed by atoms with Crippen molar-refractivity contribution in [3.63, 3.8) is 0 Å². The minimum Gasteiger partial charge on any atom is -0.465 e. The third-order valence-corrected chi connectivity index (χ3v) is 10.2. The van der Waals surface area contributed by atoms with Crippen molar-refractivity contribution in [2.75, 3.05) is 31.6 Å². The number of hydrogen-bond donors (Lipinski definition) is 3. The van der Waals surface area contributed by atoms with Gasteiger partial charge in [-0.05, 0) is 48.4 Å². The molecular weight excluding hydrogens is 600 g/mol. The third kappa shape index (κ3) is 8.59. The largest absolute Gasteiger partial charge is 0.465 e. The van der Waals surface area contributed by atoms with E-state index in [4.69, 9.17) is 9.47 Å². The average molecular weight is 643 g/mol. The monoisotopic (exact) mass is 642 g/mol. The normalized spacial score (nSPS) is 21.1. The Bertz CT molecular complexity index is 1480. The van der Waals surface area contributed by atoms with E-state index in [1.165, 1.54) is 30.0 Å². The summed E-state index contributed by atoms with van der Waals surface area (Å²) in [5, 5.41) is 34.3. The summed E-state index contributed by atoms with van der Waals surface area (Å²) >= 11 is 0. The van der Waals surface area contributed by atoms with E-state index >= 15 is 0 Å². The lowest BCUT2D eigenvalue weighted by atomic mass is 9.87. The highest BCUT2D eigenvalue weighted by molar-refractivity contribution is 7.89. The number of sulfonamides is 1. The molecule has 244 valence electrons. The molecule has 2 fully saturated rings. The van der Waals surface area contributed by atoms with Crippen molar-refractivity contribution < 1.29 is 37.7 Å². The molecule has 0 aliphatic carbocycles. The number of nitrogens with zero attached hydrogens (tertiary/aromatic N) is 3. The van der Waals surface area contributed by atoms with E-state index in [-0.39, 0.29) is 42.7 Å². The Morgan fingerprint density at radius 3 is 2.56 bits per heavy atom. The van der Waals surface area contributed by atoms with Gasteiger partial charge in [0.25, 0.3) is 0 Å². The molecule has 0 bridgehead atoms. The number of amides is 2. The van der Waals surface area contributed by atoms with Crippen LogP contribution in [0.15, 0.2) is 59.5 Å². The van der Waals surface area contributed by atoms with Gasteiger partial charge in [-0.25, -0.2) is 13.2 Å². The summed E-state index contributed by atoms with van der Waals surface area (Å²) < 4.78 is 41.0. The summed E-state index contributed by atoms with van der Waals surface area (Å²) in [5.41, 5.74) is 0.409. The van der Waals surface area contributed by atoms with E-state index < -0.39 is 52.6 Å². The Labute approximate surface area is 264 Å². The molecule has 12 nitrogen and oxygen atoms in total. The predicted octanol–water partition coefficient (Wildman–Crippen LogP) is 3.68. The minimum absolute atomic E-state index is 0.0470. The molecular formula is C32H42N4O8S. The summed E-state index contributed by atoms with van der Waals surface area (Å²) in [6.45, 7) is 5.07. The smallest absolute Gasteiger partial charge is 0.407 e. The van der Waals surface area contributed by atoms with Gasteiger partial charge < -0.3 is 25.0 Å². The molecule has 2 amide bonds. The summed E-state index contributed by atoms with van der Waals surface area (Å²) in [6.07, 6.45) is -1.88. The second-order valence-corrected chi connectivity index (χ2v) is 14.4. The number of benzene rings is 2. The molecule has 0 radical (unpaired) electrons. The molecule has 2 aromatic rings. The molecule has 2 aromatic carbocycles. The summed E-state index contributed by atoms with van der Waals surface area (Å²) in [4.78, 5) is 25.7. The SMILES string of the molecule is CC(=O)Nc1cccc(S(=O)(=O)N(C[C@@H](O)[C@H](Cc2ccccc2)N(C(=O)O)[C@H]2CO[C@H]3OCC[C@H]32)CC(C)(C)CCC#N)c1. The number of anilines is 1. The van der Waals surface area contributed by atoms with Crippen LogP contribution in [0.4, 0.5) is 10.5 Å². The van der Waals surface area contributed by atoms with Crippen molar-refractivity contribution in [3.05, 3.63) is 60.2 Å². The number of carbonyl (C=O) groups excluding carboxylic acids is 1. The maximum absolute atomic E-state index is 14.2. The topological polar surface area (TPSA) is 170 Å². The van der Waals surface area contributed by atoms with Crippen molar-refractivity contribution in [2.45, 2.75) is 75.8 Å². The Balaban J connectivity index is 1.72. The van der Waals surface area contributed by atoms with Gasteiger partial charge >= 0.3 is 6.09 Å². The molecule has 0 aromatic heterocycles. The number of rotatable bonds is 14. The number of aliphatic hydroxyl groups excluding tert-OH is 1. The van der Waals surface area contributed by atoms with Crippen LogP contribution < -0.4 is 5.32 Å². The zero-order chi connectivity index (χ0) is 32.8. The Morgan fingerprint density at radius 2 is 1.89 bits per heavy atom.